The van der Waals surface area contributed by atoms with Crippen molar-refractivity contribution >= 4 is 17.5 Å². The van der Waals surface area contributed by atoms with E-state index in [-0.39, 0.29) is 6.10 Å². The van der Waals surface area contributed by atoms with Crippen LogP contribution in [-0.2, 0) is 0 Å². The van der Waals surface area contributed by atoms with Gasteiger partial charge in [0.25, 0.3) is 0 Å². The van der Waals surface area contributed by atoms with Crippen molar-refractivity contribution in [2.24, 2.45) is 0 Å². The molecule has 4 nitrogen and oxygen atoms in total. The van der Waals surface area contributed by atoms with Gasteiger partial charge in [0.15, 0.2) is 0 Å². The molecule has 1 fully saturated rings. The van der Waals surface area contributed by atoms with Gasteiger partial charge < -0.3 is 10.0 Å². The van der Waals surface area contributed by atoms with E-state index in [0.29, 0.717) is 5.02 Å². The molecule has 3 rings (SSSR count). The third kappa shape index (κ3) is 2.92. The second-order valence-electron chi connectivity index (χ2n) is 4.97. The first-order valence-corrected chi connectivity index (χ1v) is 7.12. The molecule has 1 aromatic carbocycles. The van der Waals surface area contributed by atoms with Gasteiger partial charge in [-0.15, -0.1) is 0 Å². The van der Waals surface area contributed by atoms with E-state index >= 15 is 0 Å². The lowest BCUT2D eigenvalue weighted by molar-refractivity contribution is 0.145. The number of aromatic nitrogens is 2. The highest BCUT2D eigenvalue weighted by atomic mass is 35.5. The summed E-state index contributed by atoms with van der Waals surface area (Å²) in [7, 11) is 0. The van der Waals surface area contributed by atoms with Crippen LogP contribution in [0.15, 0.2) is 36.5 Å². The van der Waals surface area contributed by atoms with Gasteiger partial charge in [0, 0.05) is 29.9 Å². The third-order valence-corrected chi connectivity index (χ3v) is 3.78. The fraction of sp³-hybridized carbons (Fsp3) is 0.333. The first-order valence-electron chi connectivity index (χ1n) is 6.74. The molecule has 2 aromatic rings. The van der Waals surface area contributed by atoms with Crippen LogP contribution in [0.4, 0.5) is 5.95 Å². The summed E-state index contributed by atoms with van der Waals surface area (Å²) in [4.78, 5) is 11.1. The van der Waals surface area contributed by atoms with Crippen molar-refractivity contribution in [3.8, 4) is 11.3 Å². The van der Waals surface area contributed by atoms with Crippen LogP contribution in [0.25, 0.3) is 11.3 Å². The van der Waals surface area contributed by atoms with Crippen LogP contribution < -0.4 is 4.90 Å². The number of halogens is 1. The van der Waals surface area contributed by atoms with E-state index in [1.165, 1.54) is 0 Å². The molecule has 5 heteroatoms. The maximum atomic E-state index is 9.55. The predicted octanol–water partition coefficient (Wildman–Crippen LogP) is 2.76. The van der Waals surface area contributed by atoms with Crippen molar-refractivity contribution in [3.05, 3.63) is 41.6 Å². The lowest BCUT2D eigenvalue weighted by Crippen LogP contribution is -2.36. The van der Waals surface area contributed by atoms with Gasteiger partial charge in [0.1, 0.15) is 0 Å². The van der Waals surface area contributed by atoms with Crippen molar-refractivity contribution in [1.29, 1.82) is 0 Å². The van der Waals surface area contributed by atoms with Crippen LogP contribution in [0.1, 0.15) is 12.8 Å². The molecule has 0 unspecified atom stereocenters. The van der Waals surface area contributed by atoms with E-state index < -0.39 is 0 Å². The molecule has 0 saturated carbocycles. The molecule has 104 valence electrons. The minimum Gasteiger partial charge on any atom is -0.393 e. The normalized spacial score (nSPS) is 16.4. The lowest BCUT2D eigenvalue weighted by atomic mass is 10.1. The third-order valence-electron chi connectivity index (χ3n) is 3.53. The van der Waals surface area contributed by atoms with Gasteiger partial charge in [-0.05, 0) is 31.0 Å². The number of benzene rings is 1. The Hall–Kier alpha value is -1.65. The van der Waals surface area contributed by atoms with E-state index in [1.54, 1.807) is 6.20 Å². The number of rotatable bonds is 2. The average molecular weight is 290 g/mol. The molecule has 0 spiro atoms. The molecule has 2 heterocycles. The molecule has 1 aliphatic heterocycles. The summed E-state index contributed by atoms with van der Waals surface area (Å²) in [5.41, 5.74) is 1.91. The largest absolute Gasteiger partial charge is 0.393 e. The van der Waals surface area contributed by atoms with Gasteiger partial charge in [-0.3, -0.25) is 0 Å². The van der Waals surface area contributed by atoms with E-state index in [1.807, 2.05) is 30.3 Å². The Bertz CT molecular complexity index is 580. The Balaban J connectivity index is 1.84. The highest BCUT2D eigenvalue weighted by Gasteiger charge is 2.19. The molecule has 20 heavy (non-hydrogen) atoms. The molecule has 1 aromatic heterocycles. The molecular formula is C15H16ClN3O. The van der Waals surface area contributed by atoms with E-state index in [9.17, 15) is 5.11 Å². The Labute approximate surface area is 123 Å². The average Bonchev–Trinajstić information content (AvgIpc) is 2.49. The zero-order chi connectivity index (χ0) is 13.9. The molecule has 0 atom stereocenters. The van der Waals surface area contributed by atoms with Gasteiger partial charge in [0.05, 0.1) is 11.8 Å². The number of hydrogen-bond donors (Lipinski definition) is 1. The zero-order valence-electron chi connectivity index (χ0n) is 11.0. The number of nitrogens with zero attached hydrogens (tertiary/aromatic N) is 3. The van der Waals surface area contributed by atoms with Crippen molar-refractivity contribution in [1.82, 2.24) is 9.97 Å². The fourth-order valence-electron chi connectivity index (χ4n) is 2.35. The predicted molar refractivity (Wildman–Crippen MR) is 79.9 cm³/mol. The van der Waals surface area contributed by atoms with Gasteiger partial charge in [-0.2, -0.15) is 0 Å². The summed E-state index contributed by atoms with van der Waals surface area (Å²) in [5.74, 6) is 0.726. The summed E-state index contributed by atoms with van der Waals surface area (Å²) in [6, 6.07) is 9.51. The highest BCUT2D eigenvalue weighted by molar-refractivity contribution is 6.30. The minimum atomic E-state index is -0.189. The first kappa shape index (κ1) is 13.3. The topological polar surface area (TPSA) is 49.2 Å². The molecule has 0 bridgehead atoms. The summed E-state index contributed by atoms with van der Waals surface area (Å²) in [6.07, 6.45) is 3.13. The Morgan fingerprint density at radius 1 is 1.10 bits per heavy atom. The van der Waals surface area contributed by atoms with Crippen LogP contribution in [0.3, 0.4) is 0 Å². The highest BCUT2D eigenvalue weighted by Crippen LogP contribution is 2.22. The second kappa shape index (κ2) is 5.77. The molecule has 0 aliphatic carbocycles. The summed E-state index contributed by atoms with van der Waals surface area (Å²) in [5, 5.41) is 10.3. The molecular weight excluding hydrogens is 274 g/mol. The van der Waals surface area contributed by atoms with Gasteiger partial charge in [-0.25, -0.2) is 9.97 Å². The minimum absolute atomic E-state index is 0.189. The van der Waals surface area contributed by atoms with Crippen LogP contribution in [0.5, 0.6) is 0 Å². The van der Waals surface area contributed by atoms with Crippen LogP contribution >= 0.6 is 11.6 Å². The monoisotopic (exact) mass is 289 g/mol. The van der Waals surface area contributed by atoms with Gasteiger partial charge in [0.2, 0.25) is 5.95 Å². The Morgan fingerprint density at radius 2 is 1.80 bits per heavy atom. The maximum Gasteiger partial charge on any atom is 0.225 e. The van der Waals surface area contributed by atoms with Crippen LogP contribution in [0.2, 0.25) is 5.02 Å². The van der Waals surface area contributed by atoms with Gasteiger partial charge >= 0.3 is 0 Å². The summed E-state index contributed by atoms with van der Waals surface area (Å²) in [6.45, 7) is 1.59. The molecule has 1 aliphatic rings. The Morgan fingerprint density at radius 3 is 2.50 bits per heavy atom. The number of aliphatic hydroxyl groups excluding tert-OH is 1. The molecule has 1 saturated heterocycles. The molecule has 0 amide bonds. The number of hydrogen-bond acceptors (Lipinski definition) is 4. The van der Waals surface area contributed by atoms with Crippen LogP contribution in [-0.4, -0.2) is 34.3 Å². The van der Waals surface area contributed by atoms with Crippen molar-refractivity contribution in [2.45, 2.75) is 18.9 Å². The molecule has 0 radical (unpaired) electrons. The fourth-order valence-corrected chi connectivity index (χ4v) is 2.47. The van der Waals surface area contributed by atoms with Gasteiger partial charge in [-0.1, -0.05) is 23.7 Å². The standard InChI is InChI=1S/C15H16ClN3O/c16-12-3-1-11(2-4-12)14-5-8-17-15(18-14)19-9-6-13(20)7-10-19/h1-5,8,13,20H,6-7,9-10H2. The van der Waals surface area contributed by atoms with E-state index in [4.69, 9.17) is 11.6 Å². The second-order valence-corrected chi connectivity index (χ2v) is 5.40. The Kier molecular flexibility index (Phi) is 3.85. The quantitative estimate of drug-likeness (QED) is 0.923. The smallest absolute Gasteiger partial charge is 0.225 e. The number of anilines is 1. The van der Waals surface area contributed by atoms with Crippen molar-refractivity contribution in [3.63, 3.8) is 0 Å². The first-order chi connectivity index (χ1) is 9.72. The number of aliphatic hydroxyl groups is 1. The molecule has 1 N–H and O–H groups in total. The van der Waals surface area contributed by atoms with E-state index in [0.717, 1.165) is 43.1 Å². The summed E-state index contributed by atoms with van der Waals surface area (Å²) >= 11 is 5.90. The van der Waals surface area contributed by atoms with Crippen LogP contribution in [0, 0.1) is 0 Å². The van der Waals surface area contributed by atoms with Crippen molar-refractivity contribution < 1.29 is 5.11 Å². The van der Waals surface area contributed by atoms with E-state index in [2.05, 4.69) is 14.9 Å². The zero-order valence-corrected chi connectivity index (χ0v) is 11.8. The SMILES string of the molecule is OC1CCN(c2nccc(-c3ccc(Cl)cc3)n2)CC1. The summed E-state index contributed by atoms with van der Waals surface area (Å²) < 4.78 is 0. The lowest BCUT2D eigenvalue weighted by Gasteiger charge is -2.29. The maximum absolute atomic E-state index is 9.55. The number of piperidine rings is 1. The van der Waals surface area contributed by atoms with Crippen molar-refractivity contribution in [2.75, 3.05) is 18.0 Å².